The highest BCUT2D eigenvalue weighted by molar-refractivity contribution is 5.20. The SMILES string of the molecule is CCNC(CC1CN(C)CCN1C)c1cccc(F)c1. The lowest BCUT2D eigenvalue weighted by Crippen LogP contribution is -2.51. The van der Waals surface area contributed by atoms with E-state index in [-0.39, 0.29) is 11.9 Å². The van der Waals surface area contributed by atoms with Crippen molar-refractivity contribution < 1.29 is 4.39 Å². The van der Waals surface area contributed by atoms with Crippen LogP contribution in [0.25, 0.3) is 0 Å². The van der Waals surface area contributed by atoms with Gasteiger partial charge in [0, 0.05) is 31.7 Å². The van der Waals surface area contributed by atoms with Crippen molar-refractivity contribution in [3.05, 3.63) is 35.6 Å². The Morgan fingerprint density at radius 1 is 1.35 bits per heavy atom. The molecule has 0 aliphatic carbocycles. The third-order valence-corrected chi connectivity index (χ3v) is 4.19. The number of benzene rings is 1. The number of hydrogen-bond donors (Lipinski definition) is 1. The van der Waals surface area contributed by atoms with Gasteiger partial charge in [-0.15, -0.1) is 0 Å². The summed E-state index contributed by atoms with van der Waals surface area (Å²) < 4.78 is 13.4. The van der Waals surface area contributed by atoms with E-state index in [1.807, 2.05) is 6.07 Å². The maximum Gasteiger partial charge on any atom is 0.123 e. The lowest BCUT2D eigenvalue weighted by atomic mass is 9.97. The average molecular weight is 279 g/mol. The van der Waals surface area contributed by atoms with Gasteiger partial charge in [0.05, 0.1) is 0 Å². The Morgan fingerprint density at radius 3 is 2.85 bits per heavy atom. The van der Waals surface area contributed by atoms with Crippen molar-refractivity contribution in [2.24, 2.45) is 0 Å². The zero-order chi connectivity index (χ0) is 14.5. The van der Waals surface area contributed by atoms with Crippen molar-refractivity contribution in [1.29, 1.82) is 0 Å². The lowest BCUT2D eigenvalue weighted by molar-refractivity contribution is 0.101. The molecule has 1 aromatic rings. The van der Waals surface area contributed by atoms with Crippen molar-refractivity contribution in [2.75, 3.05) is 40.3 Å². The van der Waals surface area contributed by atoms with Crippen LogP contribution in [0.5, 0.6) is 0 Å². The van der Waals surface area contributed by atoms with Crippen LogP contribution in [0.3, 0.4) is 0 Å². The number of piperazine rings is 1. The molecule has 1 fully saturated rings. The molecule has 1 heterocycles. The van der Waals surface area contributed by atoms with Crippen molar-refractivity contribution in [2.45, 2.75) is 25.4 Å². The van der Waals surface area contributed by atoms with Crippen LogP contribution in [0.2, 0.25) is 0 Å². The van der Waals surface area contributed by atoms with Crippen LogP contribution in [0.15, 0.2) is 24.3 Å². The summed E-state index contributed by atoms with van der Waals surface area (Å²) in [6.45, 7) is 6.30. The minimum atomic E-state index is -0.153. The van der Waals surface area contributed by atoms with Crippen LogP contribution in [-0.2, 0) is 0 Å². The second-order valence-electron chi connectivity index (χ2n) is 5.80. The molecule has 2 atom stereocenters. The molecular weight excluding hydrogens is 253 g/mol. The molecule has 1 aliphatic rings. The van der Waals surface area contributed by atoms with E-state index in [4.69, 9.17) is 0 Å². The summed E-state index contributed by atoms with van der Waals surface area (Å²) in [4.78, 5) is 4.79. The maximum atomic E-state index is 13.4. The van der Waals surface area contributed by atoms with Gasteiger partial charge in [-0.2, -0.15) is 0 Å². The lowest BCUT2D eigenvalue weighted by Gasteiger charge is -2.39. The molecule has 0 radical (unpaired) electrons. The Balaban J connectivity index is 2.08. The number of likely N-dealkylation sites (N-methyl/N-ethyl adjacent to an activating group) is 2. The monoisotopic (exact) mass is 279 g/mol. The van der Waals surface area contributed by atoms with E-state index in [1.54, 1.807) is 12.1 Å². The number of nitrogens with zero attached hydrogens (tertiary/aromatic N) is 2. The number of rotatable bonds is 5. The Labute approximate surface area is 121 Å². The molecule has 0 spiro atoms. The fraction of sp³-hybridized carbons (Fsp3) is 0.625. The highest BCUT2D eigenvalue weighted by atomic mass is 19.1. The largest absolute Gasteiger partial charge is 0.310 e. The van der Waals surface area contributed by atoms with Crippen LogP contribution in [0.4, 0.5) is 4.39 Å². The highest BCUT2D eigenvalue weighted by Crippen LogP contribution is 2.23. The van der Waals surface area contributed by atoms with Gasteiger partial charge in [-0.05, 0) is 44.8 Å². The maximum absolute atomic E-state index is 13.4. The fourth-order valence-electron chi connectivity index (χ4n) is 2.94. The van der Waals surface area contributed by atoms with Gasteiger partial charge in [-0.3, -0.25) is 0 Å². The van der Waals surface area contributed by atoms with Crippen LogP contribution < -0.4 is 5.32 Å². The van der Waals surface area contributed by atoms with Gasteiger partial charge < -0.3 is 15.1 Å². The van der Waals surface area contributed by atoms with Crippen LogP contribution >= 0.6 is 0 Å². The Bertz CT molecular complexity index is 424. The first-order chi connectivity index (χ1) is 9.60. The second kappa shape index (κ2) is 7.16. The standard InChI is InChI=1S/C16H26FN3/c1-4-18-16(13-6-5-7-14(17)10-13)11-15-12-19(2)8-9-20(15)3/h5-7,10,15-16,18H,4,8-9,11-12H2,1-3H3. The molecule has 2 unspecified atom stereocenters. The van der Waals surface area contributed by atoms with Crippen LogP contribution in [0.1, 0.15) is 24.9 Å². The van der Waals surface area contributed by atoms with Gasteiger partial charge in [0.2, 0.25) is 0 Å². The highest BCUT2D eigenvalue weighted by Gasteiger charge is 2.25. The molecule has 0 saturated carbocycles. The first-order valence-corrected chi connectivity index (χ1v) is 7.47. The summed E-state index contributed by atoms with van der Waals surface area (Å²) in [5, 5.41) is 3.50. The van der Waals surface area contributed by atoms with Crippen molar-refractivity contribution in [3.8, 4) is 0 Å². The summed E-state index contributed by atoms with van der Waals surface area (Å²) in [5.41, 5.74) is 1.05. The molecule has 0 bridgehead atoms. The van der Waals surface area contributed by atoms with Gasteiger partial charge in [0.1, 0.15) is 5.82 Å². The zero-order valence-corrected chi connectivity index (χ0v) is 12.8. The number of halogens is 1. The van der Waals surface area contributed by atoms with Crippen molar-refractivity contribution in [3.63, 3.8) is 0 Å². The van der Waals surface area contributed by atoms with Crippen LogP contribution in [-0.4, -0.2) is 56.1 Å². The van der Waals surface area contributed by atoms with Gasteiger partial charge in [-0.25, -0.2) is 4.39 Å². The topological polar surface area (TPSA) is 18.5 Å². The smallest absolute Gasteiger partial charge is 0.123 e. The molecule has 112 valence electrons. The van der Waals surface area contributed by atoms with E-state index in [0.29, 0.717) is 6.04 Å². The van der Waals surface area contributed by atoms with E-state index in [9.17, 15) is 4.39 Å². The minimum Gasteiger partial charge on any atom is -0.310 e. The first kappa shape index (κ1) is 15.4. The van der Waals surface area contributed by atoms with Gasteiger partial charge in [0.15, 0.2) is 0 Å². The molecule has 3 nitrogen and oxygen atoms in total. The number of nitrogens with one attached hydrogen (secondary N) is 1. The molecule has 0 aromatic heterocycles. The normalized spacial score (nSPS) is 22.9. The summed E-state index contributed by atoms with van der Waals surface area (Å²) in [6, 6.07) is 7.71. The Kier molecular flexibility index (Phi) is 5.52. The molecule has 1 aliphatic heterocycles. The molecule has 0 amide bonds. The zero-order valence-electron chi connectivity index (χ0n) is 12.8. The van der Waals surface area contributed by atoms with Gasteiger partial charge in [-0.1, -0.05) is 19.1 Å². The van der Waals surface area contributed by atoms with Crippen molar-refractivity contribution >= 4 is 0 Å². The van der Waals surface area contributed by atoms with Gasteiger partial charge in [0.25, 0.3) is 0 Å². The molecule has 20 heavy (non-hydrogen) atoms. The summed E-state index contributed by atoms with van der Waals surface area (Å²) in [5.74, 6) is -0.153. The number of hydrogen-bond acceptors (Lipinski definition) is 3. The second-order valence-corrected chi connectivity index (χ2v) is 5.80. The Hall–Kier alpha value is -0.970. The molecule has 1 N–H and O–H groups in total. The third kappa shape index (κ3) is 4.01. The third-order valence-electron chi connectivity index (χ3n) is 4.19. The summed E-state index contributed by atoms with van der Waals surface area (Å²) in [7, 11) is 4.36. The predicted octanol–water partition coefficient (Wildman–Crippen LogP) is 2.11. The summed E-state index contributed by atoms with van der Waals surface area (Å²) in [6.07, 6.45) is 1.01. The van der Waals surface area contributed by atoms with E-state index in [2.05, 4.69) is 36.1 Å². The Morgan fingerprint density at radius 2 is 2.15 bits per heavy atom. The van der Waals surface area contributed by atoms with E-state index in [1.165, 1.54) is 6.07 Å². The van der Waals surface area contributed by atoms with E-state index in [0.717, 1.165) is 38.2 Å². The fourth-order valence-corrected chi connectivity index (χ4v) is 2.94. The first-order valence-electron chi connectivity index (χ1n) is 7.47. The molecule has 4 heteroatoms. The molecule has 1 saturated heterocycles. The minimum absolute atomic E-state index is 0.153. The van der Waals surface area contributed by atoms with E-state index < -0.39 is 0 Å². The molecule has 2 rings (SSSR count). The molecule has 1 aromatic carbocycles. The average Bonchev–Trinajstić information content (AvgIpc) is 2.42. The molecular formula is C16H26FN3. The van der Waals surface area contributed by atoms with E-state index >= 15 is 0 Å². The van der Waals surface area contributed by atoms with Crippen molar-refractivity contribution in [1.82, 2.24) is 15.1 Å². The predicted molar refractivity (Wildman–Crippen MR) is 81.3 cm³/mol. The van der Waals surface area contributed by atoms with Crippen LogP contribution in [0, 0.1) is 5.82 Å². The quantitative estimate of drug-likeness (QED) is 0.890. The summed E-state index contributed by atoms with van der Waals surface area (Å²) >= 11 is 0. The van der Waals surface area contributed by atoms with Gasteiger partial charge >= 0.3 is 0 Å².